The molecule has 0 N–H and O–H groups in total. The molecular weight excluding hydrogens is 705 g/mol. The molecule has 0 fully saturated rings. The van der Waals surface area contributed by atoms with Crippen molar-refractivity contribution < 1.29 is 0 Å². The average Bonchev–Trinajstić information content (AvgIpc) is 3.81. The van der Waals surface area contributed by atoms with Gasteiger partial charge in [-0.1, -0.05) is 176 Å². The van der Waals surface area contributed by atoms with Crippen molar-refractivity contribution >= 4 is 72.4 Å². The number of nitrogens with zero attached hydrogens (tertiary/aromatic N) is 2. The summed E-state index contributed by atoms with van der Waals surface area (Å²) in [5.41, 5.74) is 9.55. The van der Waals surface area contributed by atoms with Crippen LogP contribution in [0.1, 0.15) is 0 Å². The Kier molecular flexibility index (Phi) is 7.87. The van der Waals surface area contributed by atoms with Crippen LogP contribution in [0.5, 0.6) is 0 Å². The molecule has 2 aromatic heterocycles. The van der Waals surface area contributed by atoms with Gasteiger partial charge in [0.1, 0.15) is 0 Å². The minimum Gasteiger partial charge on any atom is -0.309 e. The lowest BCUT2D eigenvalue weighted by Crippen LogP contribution is -2.74. The van der Waals surface area contributed by atoms with Crippen LogP contribution in [0.2, 0.25) is 0 Å². The molecule has 2 nitrogen and oxygen atoms in total. The SMILES string of the molecule is c1ccc([Si](c2ccccc2)(c2ccccc2)c2cccc(-n3c4ccccc4c4cc(-c5cccc(-n6c7ccccc7c7ccccc76)c5)ccc43)c2)cc1. The van der Waals surface area contributed by atoms with Gasteiger partial charge in [-0.3, -0.25) is 0 Å². The maximum absolute atomic E-state index is 2.71. The molecule has 0 aliphatic heterocycles. The number of aromatic nitrogens is 2. The molecule has 11 rings (SSSR count). The zero-order valence-corrected chi connectivity index (χ0v) is 32.3. The van der Waals surface area contributed by atoms with E-state index in [1.54, 1.807) is 0 Å². The van der Waals surface area contributed by atoms with Crippen molar-refractivity contribution in [3.05, 3.63) is 231 Å². The summed E-state index contributed by atoms with van der Waals surface area (Å²) in [5, 5.41) is 10.5. The second kappa shape index (κ2) is 13.5. The molecule has 0 amide bonds. The minimum atomic E-state index is -2.71. The average molecular weight is 743 g/mol. The first kappa shape index (κ1) is 33.2. The summed E-state index contributed by atoms with van der Waals surface area (Å²) in [6.45, 7) is 0. The largest absolute Gasteiger partial charge is 0.309 e. The number of benzene rings is 9. The first-order valence-corrected chi connectivity index (χ1v) is 21.7. The molecule has 57 heavy (non-hydrogen) atoms. The number of hydrogen-bond donors (Lipinski definition) is 0. The molecule has 2 heterocycles. The smallest absolute Gasteiger partial charge is 0.179 e. The van der Waals surface area contributed by atoms with Crippen LogP contribution in [0.3, 0.4) is 0 Å². The van der Waals surface area contributed by atoms with E-state index >= 15 is 0 Å². The first-order chi connectivity index (χ1) is 28.3. The van der Waals surface area contributed by atoms with Gasteiger partial charge in [-0.15, -0.1) is 0 Å². The fraction of sp³-hybridized carbons (Fsp3) is 0. The normalized spacial score (nSPS) is 11.9. The zero-order chi connectivity index (χ0) is 37.8. The Bertz CT molecular complexity index is 3080. The highest BCUT2D eigenvalue weighted by Crippen LogP contribution is 2.37. The van der Waals surface area contributed by atoms with E-state index in [0.29, 0.717) is 0 Å². The van der Waals surface area contributed by atoms with E-state index < -0.39 is 8.07 Å². The second-order valence-corrected chi connectivity index (χ2v) is 18.7. The zero-order valence-electron chi connectivity index (χ0n) is 31.3. The molecule has 0 radical (unpaired) electrons. The van der Waals surface area contributed by atoms with E-state index in [-0.39, 0.29) is 0 Å². The van der Waals surface area contributed by atoms with Crippen molar-refractivity contribution in [3.8, 4) is 22.5 Å². The third-order valence-electron chi connectivity index (χ3n) is 11.8. The Morgan fingerprint density at radius 3 is 1.16 bits per heavy atom. The van der Waals surface area contributed by atoms with Crippen LogP contribution >= 0.6 is 0 Å². The highest BCUT2D eigenvalue weighted by molar-refractivity contribution is 7.19. The topological polar surface area (TPSA) is 9.86 Å². The Labute approximate surface area is 333 Å². The van der Waals surface area contributed by atoms with Gasteiger partial charge in [-0.2, -0.15) is 0 Å². The van der Waals surface area contributed by atoms with E-state index in [9.17, 15) is 0 Å². The maximum Gasteiger partial charge on any atom is 0.179 e. The summed E-state index contributed by atoms with van der Waals surface area (Å²) >= 11 is 0. The van der Waals surface area contributed by atoms with Crippen molar-refractivity contribution in [2.75, 3.05) is 0 Å². The molecule has 0 saturated carbocycles. The summed E-state index contributed by atoms with van der Waals surface area (Å²) in [7, 11) is -2.71. The van der Waals surface area contributed by atoms with Crippen LogP contribution in [-0.2, 0) is 0 Å². The Hall–Kier alpha value is -7.20. The van der Waals surface area contributed by atoms with Gasteiger partial charge in [0, 0.05) is 32.9 Å². The number of hydrogen-bond acceptors (Lipinski definition) is 0. The molecule has 0 saturated heterocycles. The molecule has 3 heteroatoms. The molecular formula is C54H38N2Si. The van der Waals surface area contributed by atoms with E-state index in [4.69, 9.17) is 0 Å². The van der Waals surface area contributed by atoms with E-state index in [0.717, 1.165) is 5.69 Å². The van der Waals surface area contributed by atoms with E-state index in [2.05, 4.69) is 240 Å². The molecule has 0 unspecified atom stereocenters. The van der Waals surface area contributed by atoms with Crippen LogP contribution in [0.15, 0.2) is 231 Å². The molecule has 0 aliphatic rings. The van der Waals surface area contributed by atoms with E-state index in [1.165, 1.54) is 81.2 Å². The van der Waals surface area contributed by atoms with Gasteiger partial charge in [-0.05, 0) is 86.5 Å². The second-order valence-electron chi connectivity index (χ2n) is 14.9. The highest BCUT2D eigenvalue weighted by atomic mass is 28.3. The predicted octanol–water partition coefficient (Wildman–Crippen LogP) is 10.9. The lowest BCUT2D eigenvalue weighted by atomic mass is 10.0. The molecule has 11 aromatic rings. The van der Waals surface area contributed by atoms with Crippen molar-refractivity contribution in [1.29, 1.82) is 0 Å². The Morgan fingerprint density at radius 2 is 0.632 bits per heavy atom. The Morgan fingerprint density at radius 1 is 0.246 bits per heavy atom. The monoisotopic (exact) mass is 742 g/mol. The van der Waals surface area contributed by atoms with Crippen LogP contribution < -0.4 is 20.7 Å². The van der Waals surface area contributed by atoms with Gasteiger partial charge in [0.05, 0.1) is 22.1 Å². The fourth-order valence-electron chi connectivity index (χ4n) is 9.40. The predicted molar refractivity (Wildman–Crippen MR) is 244 cm³/mol. The van der Waals surface area contributed by atoms with Gasteiger partial charge in [0.25, 0.3) is 0 Å². The molecule has 0 aliphatic carbocycles. The van der Waals surface area contributed by atoms with Crippen molar-refractivity contribution in [3.63, 3.8) is 0 Å². The molecule has 0 spiro atoms. The van der Waals surface area contributed by atoms with Gasteiger partial charge in [-0.25, -0.2) is 0 Å². The third kappa shape index (κ3) is 5.24. The number of fused-ring (bicyclic) bond motifs is 6. The minimum absolute atomic E-state index is 1.16. The fourth-order valence-corrected chi connectivity index (χ4v) is 14.2. The summed E-state index contributed by atoms with van der Waals surface area (Å²) in [4.78, 5) is 0. The number of rotatable bonds is 7. The Balaban J connectivity index is 1.09. The lowest BCUT2D eigenvalue weighted by molar-refractivity contribution is 1.18. The quantitative estimate of drug-likeness (QED) is 0.114. The lowest BCUT2D eigenvalue weighted by Gasteiger charge is -2.34. The van der Waals surface area contributed by atoms with Crippen LogP contribution in [-0.4, -0.2) is 17.2 Å². The van der Waals surface area contributed by atoms with Gasteiger partial charge in [0.15, 0.2) is 8.07 Å². The van der Waals surface area contributed by atoms with Crippen LogP contribution in [0.25, 0.3) is 66.1 Å². The molecule has 9 aromatic carbocycles. The van der Waals surface area contributed by atoms with Crippen molar-refractivity contribution in [2.45, 2.75) is 0 Å². The van der Waals surface area contributed by atoms with Gasteiger partial charge in [0.2, 0.25) is 0 Å². The maximum atomic E-state index is 2.47. The molecule has 268 valence electrons. The molecule has 0 atom stereocenters. The van der Waals surface area contributed by atoms with Gasteiger partial charge < -0.3 is 9.13 Å². The first-order valence-electron chi connectivity index (χ1n) is 19.7. The third-order valence-corrected chi connectivity index (χ3v) is 16.6. The summed E-state index contributed by atoms with van der Waals surface area (Å²) < 4.78 is 4.86. The van der Waals surface area contributed by atoms with Crippen molar-refractivity contribution in [1.82, 2.24) is 9.13 Å². The van der Waals surface area contributed by atoms with Crippen molar-refractivity contribution in [2.24, 2.45) is 0 Å². The highest BCUT2D eigenvalue weighted by Gasteiger charge is 2.41. The standard InChI is InChI=1S/C54H38N2Si/c1-4-21-43(22-5-1)57(44-23-6-2-7-24-44,45-25-8-3-9-26-45)46-27-17-20-42(38-46)56-53-33-15-12-30-49(53)50-37-40(34-35-54(50)56)39-18-16-19-41(36-39)55-51-31-13-10-28-47(51)48-29-11-14-32-52(48)55/h1-38H. The summed E-state index contributed by atoms with van der Waals surface area (Å²) in [5.74, 6) is 0. The van der Waals surface area contributed by atoms with E-state index in [1.807, 2.05) is 0 Å². The summed E-state index contributed by atoms with van der Waals surface area (Å²) in [6, 6.07) is 85.2. The summed E-state index contributed by atoms with van der Waals surface area (Å²) in [6.07, 6.45) is 0. The number of para-hydroxylation sites is 3. The van der Waals surface area contributed by atoms with Gasteiger partial charge >= 0.3 is 0 Å². The van der Waals surface area contributed by atoms with Crippen LogP contribution in [0, 0.1) is 0 Å². The van der Waals surface area contributed by atoms with Crippen LogP contribution in [0.4, 0.5) is 0 Å². The molecule has 0 bridgehead atoms.